The third-order valence-corrected chi connectivity index (χ3v) is 6.58. The average molecular weight is 535 g/mol. The number of hydrogen-bond acceptors (Lipinski definition) is 4. The van der Waals surface area contributed by atoms with Crippen LogP contribution in [0.5, 0.6) is 5.75 Å². The molecule has 1 aliphatic heterocycles. The highest BCUT2D eigenvalue weighted by atomic mass is 79.9. The molecule has 0 bridgehead atoms. The van der Waals surface area contributed by atoms with Crippen LogP contribution in [0.25, 0.3) is 5.76 Å². The topological polar surface area (TPSA) is 83.8 Å². The minimum Gasteiger partial charge on any atom is -0.872 e. The maximum absolute atomic E-state index is 13.8. The summed E-state index contributed by atoms with van der Waals surface area (Å²) in [6.45, 7) is 4.70. The average Bonchev–Trinajstić information content (AvgIpc) is 3.10. The van der Waals surface area contributed by atoms with Gasteiger partial charge < -0.3 is 14.7 Å². The van der Waals surface area contributed by atoms with E-state index in [1.165, 1.54) is 4.90 Å². The lowest BCUT2D eigenvalue weighted by Gasteiger charge is -2.28. The number of aromatic amines is 1. The van der Waals surface area contributed by atoms with Crippen molar-refractivity contribution in [2.45, 2.75) is 39.3 Å². The summed E-state index contributed by atoms with van der Waals surface area (Å²) in [5.74, 6) is -1.19. The fraction of sp³-hybridized carbons (Fsp3) is 0.250. The number of halogens is 1. The van der Waals surface area contributed by atoms with Crippen molar-refractivity contribution in [2.75, 3.05) is 6.61 Å². The molecule has 7 heteroatoms. The van der Waals surface area contributed by atoms with Gasteiger partial charge in [0.05, 0.1) is 19.2 Å². The maximum atomic E-state index is 13.8. The number of benzene rings is 2. The number of aryl methyl sites for hydroxylation is 1. The Bertz CT molecular complexity index is 1260. The van der Waals surface area contributed by atoms with E-state index in [9.17, 15) is 14.7 Å². The second kappa shape index (κ2) is 10.9. The predicted octanol–water partition coefficient (Wildman–Crippen LogP) is 4.17. The number of Topliss-reactive ketones (excluding diaryl/α,β-unsaturated/α-hetero) is 1. The lowest BCUT2D eigenvalue weighted by atomic mass is 9.94. The van der Waals surface area contributed by atoms with E-state index in [1.54, 1.807) is 30.6 Å². The number of H-pyrrole nitrogens is 1. The summed E-state index contributed by atoms with van der Waals surface area (Å²) in [6.07, 6.45) is 5.51. The lowest BCUT2D eigenvalue weighted by molar-refractivity contribution is -0.378. The normalized spacial score (nSPS) is 17.1. The van der Waals surface area contributed by atoms with Crippen LogP contribution in [-0.2, 0) is 16.1 Å². The van der Waals surface area contributed by atoms with E-state index in [-0.39, 0.29) is 12.1 Å². The van der Waals surface area contributed by atoms with E-state index in [0.717, 1.165) is 22.9 Å². The fourth-order valence-electron chi connectivity index (χ4n) is 4.21. The van der Waals surface area contributed by atoms with Gasteiger partial charge in [0.2, 0.25) is 5.78 Å². The first-order valence-corrected chi connectivity index (χ1v) is 12.4. The van der Waals surface area contributed by atoms with E-state index in [0.29, 0.717) is 29.0 Å². The minimum absolute atomic E-state index is 0.0278. The Balaban J connectivity index is 1.78. The molecule has 2 aromatic carbocycles. The molecular weight excluding hydrogens is 508 g/mol. The Kier molecular flexibility index (Phi) is 7.66. The Labute approximate surface area is 213 Å². The third-order valence-electron chi connectivity index (χ3n) is 6.05. The number of carbonyl (C=O) groups is 2. The zero-order valence-corrected chi connectivity index (χ0v) is 21.3. The smallest absolute Gasteiger partial charge is 0.295 e. The molecule has 6 nitrogen and oxygen atoms in total. The zero-order valence-electron chi connectivity index (χ0n) is 19.7. The van der Waals surface area contributed by atoms with Gasteiger partial charge in [0.1, 0.15) is 5.75 Å². The summed E-state index contributed by atoms with van der Waals surface area (Å²) in [6, 6.07) is 15.5. The predicted molar refractivity (Wildman–Crippen MR) is 134 cm³/mol. The molecule has 1 unspecified atom stereocenters. The molecule has 35 heavy (non-hydrogen) atoms. The van der Waals surface area contributed by atoms with Crippen molar-refractivity contribution < 1.29 is 24.4 Å². The monoisotopic (exact) mass is 534 g/mol. The number of ether oxygens (including phenoxy) is 1. The van der Waals surface area contributed by atoms with Gasteiger partial charge in [-0.15, -0.1) is 0 Å². The molecule has 3 aromatic rings. The SMILES string of the molecule is CCCCOc1ccc(/C([O-])=C2\C(=O)C(=O)N(Cc3ccc[nH+]c3)C2c2ccc(Br)cc2)c(C)c1. The Hall–Kier alpha value is -3.45. The van der Waals surface area contributed by atoms with Crippen molar-refractivity contribution in [3.05, 3.63) is 99.3 Å². The number of pyridine rings is 1. The number of unbranched alkanes of at least 4 members (excludes halogenated alkanes) is 1. The van der Waals surface area contributed by atoms with Crippen molar-refractivity contribution in [2.24, 2.45) is 0 Å². The van der Waals surface area contributed by atoms with Crippen LogP contribution in [0.3, 0.4) is 0 Å². The molecule has 0 spiro atoms. The van der Waals surface area contributed by atoms with E-state index < -0.39 is 23.5 Å². The summed E-state index contributed by atoms with van der Waals surface area (Å²) in [5.41, 5.74) is 2.59. The highest BCUT2D eigenvalue weighted by Gasteiger charge is 2.44. The van der Waals surface area contributed by atoms with E-state index in [4.69, 9.17) is 4.74 Å². The summed E-state index contributed by atoms with van der Waals surface area (Å²) in [4.78, 5) is 30.9. The first kappa shape index (κ1) is 24.7. The van der Waals surface area contributed by atoms with Gasteiger partial charge in [-0.1, -0.05) is 53.2 Å². The molecule has 0 saturated carbocycles. The molecule has 2 heterocycles. The van der Waals surface area contributed by atoms with Gasteiger partial charge in [-0.05, 0) is 60.4 Å². The molecule has 1 aromatic heterocycles. The standard InChI is InChI=1S/C28H27BrN2O4/c1-3-4-14-35-22-11-12-23(18(2)15-22)26(32)24-25(20-7-9-21(29)10-8-20)31(28(34)27(24)33)17-19-6-5-13-30-16-19/h5-13,15-16,25,32H,3-4,14,17H2,1-2H3/b26-24+. The van der Waals surface area contributed by atoms with Crippen LogP contribution in [0.2, 0.25) is 0 Å². The number of nitrogens with zero attached hydrogens (tertiary/aromatic N) is 1. The largest absolute Gasteiger partial charge is 0.872 e. The summed E-state index contributed by atoms with van der Waals surface area (Å²) in [5, 5.41) is 13.8. The molecule has 1 amide bonds. The Morgan fingerprint density at radius 3 is 2.57 bits per heavy atom. The van der Waals surface area contributed by atoms with Crippen LogP contribution in [0.1, 0.15) is 48.1 Å². The number of amides is 1. The first-order valence-electron chi connectivity index (χ1n) is 11.6. The van der Waals surface area contributed by atoms with Gasteiger partial charge >= 0.3 is 0 Å². The summed E-state index contributed by atoms with van der Waals surface area (Å²) in [7, 11) is 0. The number of ketones is 1. The number of likely N-dealkylation sites (tertiary alicyclic amines) is 1. The molecule has 1 saturated heterocycles. The molecular formula is C28H27BrN2O4. The molecule has 1 atom stereocenters. The van der Waals surface area contributed by atoms with Crippen LogP contribution in [0.4, 0.5) is 0 Å². The van der Waals surface area contributed by atoms with Crippen molar-refractivity contribution in [1.82, 2.24) is 4.90 Å². The van der Waals surface area contributed by atoms with Gasteiger partial charge in [0, 0.05) is 21.7 Å². The van der Waals surface area contributed by atoms with Crippen LogP contribution < -0.4 is 14.8 Å². The highest BCUT2D eigenvalue weighted by molar-refractivity contribution is 9.10. The zero-order chi connectivity index (χ0) is 24.9. The fourth-order valence-corrected chi connectivity index (χ4v) is 4.48. The summed E-state index contributed by atoms with van der Waals surface area (Å²) >= 11 is 3.43. The van der Waals surface area contributed by atoms with Crippen molar-refractivity contribution in [3.63, 3.8) is 0 Å². The van der Waals surface area contributed by atoms with Gasteiger partial charge in [0.25, 0.3) is 5.91 Å². The maximum Gasteiger partial charge on any atom is 0.295 e. The molecule has 180 valence electrons. The second-order valence-corrected chi connectivity index (χ2v) is 9.47. The first-order chi connectivity index (χ1) is 16.9. The molecule has 4 rings (SSSR count). The molecule has 1 N–H and O–H groups in total. The Morgan fingerprint density at radius 1 is 1.14 bits per heavy atom. The number of nitrogens with one attached hydrogen (secondary N) is 1. The van der Waals surface area contributed by atoms with Gasteiger partial charge in [-0.25, -0.2) is 4.98 Å². The second-order valence-electron chi connectivity index (χ2n) is 8.55. The number of rotatable bonds is 8. The van der Waals surface area contributed by atoms with Crippen LogP contribution in [0.15, 0.2) is 77.0 Å². The summed E-state index contributed by atoms with van der Waals surface area (Å²) < 4.78 is 6.62. The number of aromatic nitrogens is 1. The number of carbonyl (C=O) groups excluding carboxylic acids is 2. The van der Waals surface area contributed by atoms with Gasteiger partial charge in [-0.3, -0.25) is 9.59 Å². The minimum atomic E-state index is -0.782. The molecule has 0 radical (unpaired) electrons. The van der Waals surface area contributed by atoms with Crippen LogP contribution >= 0.6 is 15.9 Å². The van der Waals surface area contributed by atoms with E-state index >= 15 is 0 Å². The van der Waals surface area contributed by atoms with E-state index in [2.05, 4.69) is 27.8 Å². The van der Waals surface area contributed by atoms with E-state index in [1.807, 2.05) is 43.3 Å². The van der Waals surface area contributed by atoms with Gasteiger partial charge in [-0.2, -0.15) is 0 Å². The van der Waals surface area contributed by atoms with Crippen molar-refractivity contribution in [3.8, 4) is 5.75 Å². The molecule has 0 aliphatic carbocycles. The third kappa shape index (κ3) is 5.30. The van der Waals surface area contributed by atoms with Gasteiger partial charge in [0.15, 0.2) is 12.4 Å². The van der Waals surface area contributed by atoms with Crippen LogP contribution in [-0.4, -0.2) is 23.2 Å². The lowest BCUT2D eigenvalue weighted by Crippen LogP contribution is -2.29. The number of hydrogen-bond donors (Lipinski definition) is 0. The quantitative estimate of drug-likeness (QED) is 0.188. The highest BCUT2D eigenvalue weighted by Crippen LogP contribution is 2.40. The van der Waals surface area contributed by atoms with Crippen molar-refractivity contribution in [1.29, 1.82) is 0 Å². The van der Waals surface area contributed by atoms with Crippen molar-refractivity contribution >= 4 is 33.4 Å². The molecule has 1 aliphatic rings. The Morgan fingerprint density at radius 2 is 1.91 bits per heavy atom. The molecule has 1 fully saturated rings. The van der Waals surface area contributed by atoms with Crippen LogP contribution in [0, 0.1) is 6.92 Å².